The molecule has 4 aromatic rings. The van der Waals surface area contributed by atoms with Crippen molar-refractivity contribution in [2.75, 3.05) is 18.4 Å². The normalized spacial score (nSPS) is 15.6. The molecule has 1 aromatic heterocycles. The molecule has 1 fully saturated rings. The zero-order valence-electron chi connectivity index (χ0n) is 19.2. The summed E-state index contributed by atoms with van der Waals surface area (Å²) in [6.45, 7) is 3.46. The average molecular weight is 530 g/mol. The Hall–Kier alpha value is -2.58. The Balaban J connectivity index is 1.30. The Kier molecular flexibility index (Phi) is 6.53. The molecule has 1 amide bonds. The first-order chi connectivity index (χ1) is 16.8. The maximum Gasteiger partial charge on any atom is 0.244 e. The lowest BCUT2D eigenvalue weighted by Gasteiger charge is -2.30. The highest BCUT2D eigenvalue weighted by molar-refractivity contribution is 7.89. The predicted molar refractivity (Wildman–Crippen MR) is 142 cm³/mol. The summed E-state index contributed by atoms with van der Waals surface area (Å²) in [5, 5.41) is 5.73. The monoisotopic (exact) mass is 529 g/mol. The van der Waals surface area contributed by atoms with Gasteiger partial charge >= 0.3 is 0 Å². The molecule has 0 atom stereocenters. The van der Waals surface area contributed by atoms with Crippen LogP contribution in [-0.2, 0) is 21.4 Å². The van der Waals surface area contributed by atoms with E-state index in [0.29, 0.717) is 17.9 Å². The lowest BCUT2D eigenvalue weighted by atomic mass is 9.97. The topological polar surface area (TPSA) is 71.4 Å². The lowest BCUT2D eigenvalue weighted by Crippen LogP contribution is -2.41. The van der Waals surface area contributed by atoms with E-state index in [1.807, 2.05) is 30.3 Å². The zero-order valence-corrected chi connectivity index (χ0v) is 21.5. The Morgan fingerprint density at radius 2 is 1.69 bits per heavy atom. The number of piperidine rings is 1. The molecule has 0 saturated carbocycles. The van der Waals surface area contributed by atoms with Crippen molar-refractivity contribution in [2.24, 2.45) is 5.92 Å². The SMILES string of the molecule is CCn1c2ccccc2c2cc(NC(=O)C3CCN(S(=O)(=O)c4cc(Cl)ccc4Cl)CC3)ccc21. The third kappa shape index (κ3) is 4.42. The molecule has 35 heavy (non-hydrogen) atoms. The molecule has 1 N–H and O–H groups in total. The van der Waals surface area contributed by atoms with Crippen molar-refractivity contribution in [1.29, 1.82) is 0 Å². The molecule has 3 aromatic carbocycles. The molecule has 6 nitrogen and oxygen atoms in total. The van der Waals surface area contributed by atoms with Gasteiger partial charge in [-0.1, -0.05) is 41.4 Å². The molecule has 0 spiro atoms. The van der Waals surface area contributed by atoms with Crippen LogP contribution >= 0.6 is 23.2 Å². The third-order valence-corrected chi connectivity index (χ3v) is 9.31. The molecule has 0 unspecified atom stereocenters. The van der Waals surface area contributed by atoms with E-state index in [-0.39, 0.29) is 34.8 Å². The Labute approximate surface area is 214 Å². The number of carbonyl (C=O) groups is 1. The van der Waals surface area contributed by atoms with Crippen LogP contribution in [0.1, 0.15) is 19.8 Å². The summed E-state index contributed by atoms with van der Waals surface area (Å²) in [5.74, 6) is -0.370. The van der Waals surface area contributed by atoms with E-state index in [9.17, 15) is 13.2 Å². The fourth-order valence-corrected chi connectivity index (χ4v) is 7.10. The number of hydrogen-bond donors (Lipinski definition) is 1. The van der Waals surface area contributed by atoms with Crippen LogP contribution in [0.25, 0.3) is 21.8 Å². The maximum absolute atomic E-state index is 13.1. The van der Waals surface area contributed by atoms with Crippen molar-refractivity contribution >= 4 is 66.6 Å². The molecule has 0 aliphatic carbocycles. The molecular weight excluding hydrogens is 505 g/mol. The van der Waals surface area contributed by atoms with Crippen LogP contribution in [0.4, 0.5) is 5.69 Å². The standard InChI is InChI=1S/C26H25Cl2N3O3S/c1-2-31-23-6-4-3-5-20(23)21-16-19(8-10-24(21)31)29-26(32)17-11-13-30(14-12-17)35(33,34)25-15-18(27)7-9-22(25)28/h3-10,15-17H,2,11-14H2,1H3,(H,29,32). The van der Waals surface area contributed by atoms with Crippen molar-refractivity contribution in [3.8, 4) is 0 Å². The molecule has 1 saturated heterocycles. The van der Waals surface area contributed by atoms with Gasteiger partial charge in [-0.2, -0.15) is 4.31 Å². The van der Waals surface area contributed by atoms with Crippen LogP contribution in [0.15, 0.2) is 65.6 Å². The van der Waals surface area contributed by atoms with Crippen molar-refractivity contribution in [3.05, 3.63) is 70.7 Å². The first-order valence-corrected chi connectivity index (χ1v) is 13.8. The van der Waals surface area contributed by atoms with E-state index in [4.69, 9.17) is 23.2 Å². The van der Waals surface area contributed by atoms with Gasteiger partial charge in [-0.3, -0.25) is 4.79 Å². The van der Waals surface area contributed by atoms with Gasteiger partial charge in [-0.15, -0.1) is 0 Å². The Morgan fingerprint density at radius 1 is 0.971 bits per heavy atom. The number of nitrogens with zero attached hydrogens (tertiary/aromatic N) is 2. The van der Waals surface area contributed by atoms with Gasteiger partial charge in [0.25, 0.3) is 0 Å². The number of nitrogens with one attached hydrogen (secondary N) is 1. The van der Waals surface area contributed by atoms with Crippen LogP contribution in [0.2, 0.25) is 10.0 Å². The van der Waals surface area contributed by atoms with Crippen LogP contribution in [0.5, 0.6) is 0 Å². The zero-order chi connectivity index (χ0) is 24.7. The number of benzene rings is 3. The smallest absolute Gasteiger partial charge is 0.244 e. The Bertz CT molecular complexity index is 1540. The lowest BCUT2D eigenvalue weighted by molar-refractivity contribution is -0.120. The molecule has 9 heteroatoms. The van der Waals surface area contributed by atoms with Crippen molar-refractivity contribution in [1.82, 2.24) is 8.87 Å². The van der Waals surface area contributed by atoms with E-state index >= 15 is 0 Å². The molecule has 5 rings (SSSR count). The number of para-hydroxylation sites is 1. The highest BCUT2D eigenvalue weighted by atomic mass is 35.5. The number of carbonyl (C=O) groups excluding carboxylic acids is 1. The minimum Gasteiger partial charge on any atom is -0.341 e. The first-order valence-electron chi connectivity index (χ1n) is 11.6. The fourth-order valence-electron chi connectivity index (χ4n) is 4.89. The molecule has 0 radical (unpaired) electrons. The van der Waals surface area contributed by atoms with Gasteiger partial charge in [0.05, 0.1) is 5.02 Å². The minimum absolute atomic E-state index is 0.00545. The van der Waals surface area contributed by atoms with E-state index in [0.717, 1.165) is 28.5 Å². The summed E-state index contributed by atoms with van der Waals surface area (Å²) in [6, 6.07) is 18.6. The first kappa shape index (κ1) is 24.1. The largest absolute Gasteiger partial charge is 0.341 e. The van der Waals surface area contributed by atoms with E-state index in [2.05, 4.69) is 28.9 Å². The summed E-state index contributed by atoms with van der Waals surface area (Å²) >= 11 is 12.1. The Morgan fingerprint density at radius 3 is 2.43 bits per heavy atom. The number of sulfonamides is 1. The summed E-state index contributed by atoms with van der Waals surface area (Å²) in [5.41, 5.74) is 3.04. The molecule has 1 aliphatic rings. The van der Waals surface area contributed by atoms with Gasteiger partial charge in [-0.05, 0) is 62.2 Å². The van der Waals surface area contributed by atoms with Gasteiger partial charge in [0.2, 0.25) is 15.9 Å². The van der Waals surface area contributed by atoms with E-state index in [1.54, 1.807) is 6.07 Å². The number of anilines is 1. The van der Waals surface area contributed by atoms with Crippen molar-refractivity contribution < 1.29 is 13.2 Å². The molecule has 1 aliphatic heterocycles. The predicted octanol–water partition coefficient (Wildman–Crippen LogP) is 6.16. The average Bonchev–Trinajstić information content (AvgIpc) is 3.18. The summed E-state index contributed by atoms with van der Waals surface area (Å²) < 4.78 is 29.8. The maximum atomic E-state index is 13.1. The fraction of sp³-hybridized carbons (Fsp3) is 0.269. The number of halogens is 2. The van der Waals surface area contributed by atoms with Gasteiger partial charge in [-0.25, -0.2) is 8.42 Å². The quantitative estimate of drug-likeness (QED) is 0.336. The van der Waals surface area contributed by atoms with Crippen LogP contribution in [-0.4, -0.2) is 36.3 Å². The van der Waals surface area contributed by atoms with Gasteiger partial charge < -0.3 is 9.88 Å². The summed E-state index contributed by atoms with van der Waals surface area (Å²) in [7, 11) is -3.79. The van der Waals surface area contributed by atoms with Crippen molar-refractivity contribution in [2.45, 2.75) is 31.2 Å². The number of rotatable bonds is 5. The van der Waals surface area contributed by atoms with Crippen LogP contribution in [0.3, 0.4) is 0 Å². The highest BCUT2D eigenvalue weighted by Gasteiger charge is 2.33. The van der Waals surface area contributed by atoms with Gasteiger partial charge in [0.1, 0.15) is 4.90 Å². The minimum atomic E-state index is -3.79. The second-order valence-electron chi connectivity index (χ2n) is 8.74. The second kappa shape index (κ2) is 9.47. The van der Waals surface area contributed by atoms with Crippen LogP contribution in [0, 0.1) is 5.92 Å². The number of hydrogen-bond acceptors (Lipinski definition) is 3. The second-order valence-corrected chi connectivity index (χ2v) is 11.5. The molecule has 2 heterocycles. The molecular formula is C26H25Cl2N3O3S. The van der Waals surface area contributed by atoms with Gasteiger partial charge in [0, 0.05) is 58.1 Å². The van der Waals surface area contributed by atoms with E-state index in [1.165, 1.54) is 22.0 Å². The third-order valence-electron chi connectivity index (χ3n) is 6.69. The number of amides is 1. The molecule has 182 valence electrons. The number of aryl methyl sites for hydroxylation is 1. The van der Waals surface area contributed by atoms with E-state index < -0.39 is 10.0 Å². The summed E-state index contributed by atoms with van der Waals surface area (Å²) in [4.78, 5) is 13.0. The van der Waals surface area contributed by atoms with Gasteiger partial charge in [0.15, 0.2) is 0 Å². The number of aromatic nitrogens is 1. The van der Waals surface area contributed by atoms with Crippen LogP contribution < -0.4 is 5.32 Å². The number of fused-ring (bicyclic) bond motifs is 3. The molecule has 0 bridgehead atoms. The van der Waals surface area contributed by atoms with Crippen molar-refractivity contribution in [3.63, 3.8) is 0 Å². The summed E-state index contributed by atoms with van der Waals surface area (Å²) in [6.07, 6.45) is 0.862. The highest BCUT2D eigenvalue weighted by Crippen LogP contribution is 2.33.